The number of fused-ring (bicyclic) bond motifs is 1. The van der Waals surface area contributed by atoms with E-state index in [0.717, 1.165) is 5.56 Å². The number of ketones is 1. The van der Waals surface area contributed by atoms with E-state index in [0.29, 0.717) is 32.9 Å². The molecule has 0 saturated heterocycles. The van der Waals surface area contributed by atoms with Crippen molar-refractivity contribution in [2.45, 2.75) is 0 Å². The first kappa shape index (κ1) is 15.7. The normalized spacial score (nSPS) is 12.7. The van der Waals surface area contributed by atoms with Crippen molar-refractivity contribution >= 4 is 35.1 Å². The molecule has 0 atom stereocenters. The number of benzene rings is 2. The largest absolute Gasteiger partial charge is 0.493 e. The van der Waals surface area contributed by atoms with E-state index in [4.69, 9.17) is 37.4 Å². The third-order valence-electron chi connectivity index (χ3n) is 3.31. The van der Waals surface area contributed by atoms with Crippen LogP contribution in [0.3, 0.4) is 0 Å². The van der Waals surface area contributed by atoms with Gasteiger partial charge in [0.25, 0.3) is 0 Å². The number of ether oxygens (including phenoxy) is 3. The topological polar surface area (TPSA) is 44.8 Å². The molecule has 0 unspecified atom stereocenters. The Labute approximate surface area is 143 Å². The number of methoxy groups -OCH3 is 1. The van der Waals surface area contributed by atoms with E-state index >= 15 is 0 Å². The second kappa shape index (κ2) is 6.52. The number of allylic oxidation sites excluding steroid dienone is 1. The Hall–Kier alpha value is -2.17. The van der Waals surface area contributed by atoms with Crippen molar-refractivity contribution in [1.29, 1.82) is 0 Å². The fourth-order valence-corrected chi connectivity index (χ4v) is 2.46. The van der Waals surface area contributed by atoms with E-state index in [1.54, 1.807) is 37.5 Å². The van der Waals surface area contributed by atoms with E-state index in [2.05, 4.69) is 0 Å². The van der Waals surface area contributed by atoms with E-state index in [1.807, 2.05) is 0 Å². The molecule has 0 spiro atoms. The summed E-state index contributed by atoms with van der Waals surface area (Å²) in [5.74, 6) is 1.54. The van der Waals surface area contributed by atoms with E-state index in [-0.39, 0.29) is 12.6 Å². The Balaban J connectivity index is 1.85. The maximum atomic E-state index is 12.2. The van der Waals surface area contributed by atoms with Gasteiger partial charge in [-0.3, -0.25) is 4.79 Å². The summed E-state index contributed by atoms with van der Waals surface area (Å²) in [6.45, 7) is 0.154. The molecule has 1 aliphatic rings. The van der Waals surface area contributed by atoms with Gasteiger partial charge in [-0.1, -0.05) is 29.3 Å². The monoisotopic (exact) mass is 350 g/mol. The van der Waals surface area contributed by atoms with Crippen LogP contribution in [-0.2, 0) is 0 Å². The van der Waals surface area contributed by atoms with Crippen molar-refractivity contribution in [2.75, 3.05) is 13.9 Å². The molecule has 3 rings (SSSR count). The molecule has 118 valence electrons. The zero-order valence-electron chi connectivity index (χ0n) is 12.1. The molecule has 1 heterocycles. The number of hydrogen-bond acceptors (Lipinski definition) is 4. The first-order valence-electron chi connectivity index (χ1n) is 6.73. The highest BCUT2D eigenvalue weighted by Gasteiger charge is 2.19. The second-order valence-corrected chi connectivity index (χ2v) is 5.60. The van der Waals surface area contributed by atoms with Gasteiger partial charge in [0.1, 0.15) is 0 Å². The van der Waals surface area contributed by atoms with Gasteiger partial charge in [0.15, 0.2) is 17.3 Å². The summed E-state index contributed by atoms with van der Waals surface area (Å²) in [5.41, 5.74) is 1.22. The summed E-state index contributed by atoms with van der Waals surface area (Å²) >= 11 is 11.8. The van der Waals surface area contributed by atoms with Crippen LogP contribution in [0.4, 0.5) is 0 Å². The summed E-state index contributed by atoms with van der Waals surface area (Å²) in [4.78, 5) is 12.2. The predicted molar refractivity (Wildman–Crippen MR) is 88.9 cm³/mol. The highest BCUT2D eigenvalue weighted by Crippen LogP contribution is 2.42. The van der Waals surface area contributed by atoms with Crippen LogP contribution in [0, 0.1) is 0 Å². The van der Waals surface area contributed by atoms with Crippen molar-refractivity contribution in [3.8, 4) is 17.2 Å². The first-order chi connectivity index (χ1) is 11.1. The maximum absolute atomic E-state index is 12.2. The van der Waals surface area contributed by atoms with Gasteiger partial charge in [0.05, 0.1) is 17.2 Å². The van der Waals surface area contributed by atoms with Crippen molar-refractivity contribution < 1.29 is 19.0 Å². The van der Waals surface area contributed by atoms with Crippen LogP contribution in [0.15, 0.2) is 36.4 Å². The number of hydrogen-bond donors (Lipinski definition) is 0. The quantitative estimate of drug-likeness (QED) is 0.595. The first-order valence-corrected chi connectivity index (χ1v) is 7.49. The Morgan fingerprint density at radius 2 is 2.00 bits per heavy atom. The van der Waals surface area contributed by atoms with Crippen molar-refractivity contribution in [3.63, 3.8) is 0 Å². The predicted octanol–water partition coefficient (Wildman–Crippen LogP) is 4.63. The molecule has 0 aliphatic carbocycles. The summed E-state index contributed by atoms with van der Waals surface area (Å²) in [5, 5.41) is 0.753. The standard InChI is InChI=1S/C17H12Cl2O4/c1-21-15-6-10(7-16-17(15)23-9-22-16)2-5-14(20)11-3-4-12(18)13(19)8-11/h2-8H,9H2,1H3/b5-2+. The highest BCUT2D eigenvalue weighted by molar-refractivity contribution is 6.42. The maximum Gasteiger partial charge on any atom is 0.231 e. The molecule has 4 nitrogen and oxygen atoms in total. The van der Waals surface area contributed by atoms with Crippen molar-refractivity contribution in [2.24, 2.45) is 0 Å². The molecule has 1 aliphatic heterocycles. The Morgan fingerprint density at radius 3 is 2.74 bits per heavy atom. The number of carbonyl (C=O) groups is 1. The van der Waals surface area contributed by atoms with Crippen LogP contribution in [0.1, 0.15) is 15.9 Å². The van der Waals surface area contributed by atoms with Gasteiger partial charge >= 0.3 is 0 Å². The van der Waals surface area contributed by atoms with Crippen LogP contribution in [0.5, 0.6) is 17.2 Å². The molecule has 0 N–H and O–H groups in total. The second-order valence-electron chi connectivity index (χ2n) is 4.78. The lowest BCUT2D eigenvalue weighted by molar-refractivity contribution is 0.104. The minimum absolute atomic E-state index is 0.154. The zero-order chi connectivity index (χ0) is 16.4. The van der Waals surface area contributed by atoms with Gasteiger partial charge in [0.2, 0.25) is 12.5 Å². The molecule has 2 aromatic rings. The minimum Gasteiger partial charge on any atom is -0.493 e. The lowest BCUT2D eigenvalue weighted by Crippen LogP contribution is -1.94. The SMILES string of the molecule is COc1cc(/C=C/C(=O)c2ccc(Cl)c(Cl)c2)cc2c1OCO2. The van der Waals surface area contributed by atoms with Crippen molar-refractivity contribution in [1.82, 2.24) is 0 Å². The lowest BCUT2D eigenvalue weighted by Gasteiger charge is -2.05. The third-order valence-corrected chi connectivity index (χ3v) is 4.05. The van der Waals surface area contributed by atoms with E-state index < -0.39 is 0 Å². The molecule has 2 aromatic carbocycles. The van der Waals surface area contributed by atoms with Crippen LogP contribution >= 0.6 is 23.2 Å². The molecule has 0 amide bonds. The van der Waals surface area contributed by atoms with E-state index in [1.165, 1.54) is 12.1 Å². The summed E-state index contributed by atoms with van der Waals surface area (Å²) in [7, 11) is 1.55. The number of rotatable bonds is 4. The average Bonchev–Trinajstić information content (AvgIpc) is 3.02. The molecule has 0 aromatic heterocycles. The molecule has 0 fully saturated rings. The zero-order valence-corrected chi connectivity index (χ0v) is 13.6. The van der Waals surface area contributed by atoms with Gasteiger partial charge < -0.3 is 14.2 Å². The fraction of sp³-hybridized carbons (Fsp3) is 0.118. The summed E-state index contributed by atoms with van der Waals surface area (Å²) in [6.07, 6.45) is 3.13. The highest BCUT2D eigenvalue weighted by atomic mass is 35.5. The minimum atomic E-state index is -0.180. The fourth-order valence-electron chi connectivity index (χ4n) is 2.16. The smallest absolute Gasteiger partial charge is 0.231 e. The van der Waals surface area contributed by atoms with Crippen LogP contribution in [0.2, 0.25) is 10.0 Å². The molecule has 6 heteroatoms. The Kier molecular flexibility index (Phi) is 4.46. The summed E-state index contributed by atoms with van der Waals surface area (Å²) < 4.78 is 15.9. The van der Waals surface area contributed by atoms with Crippen LogP contribution < -0.4 is 14.2 Å². The Morgan fingerprint density at radius 1 is 1.17 bits per heavy atom. The van der Waals surface area contributed by atoms with Crippen LogP contribution in [-0.4, -0.2) is 19.7 Å². The lowest BCUT2D eigenvalue weighted by atomic mass is 10.1. The summed E-state index contributed by atoms with van der Waals surface area (Å²) in [6, 6.07) is 8.31. The third kappa shape index (κ3) is 3.28. The molecular weight excluding hydrogens is 339 g/mol. The molecular formula is C17H12Cl2O4. The van der Waals surface area contributed by atoms with Gasteiger partial charge in [0, 0.05) is 5.56 Å². The Bertz CT molecular complexity index is 799. The van der Waals surface area contributed by atoms with Gasteiger partial charge in [-0.15, -0.1) is 0 Å². The molecule has 23 heavy (non-hydrogen) atoms. The average molecular weight is 351 g/mol. The molecule has 0 radical (unpaired) electrons. The van der Waals surface area contributed by atoms with Gasteiger partial charge in [-0.2, -0.15) is 0 Å². The molecule has 0 saturated carbocycles. The van der Waals surface area contributed by atoms with Crippen molar-refractivity contribution in [3.05, 3.63) is 57.6 Å². The van der Waals surface area contributed by atoms with Gasteiger partial charge in [-0.05, 0) is 42.0 Å². The molecule has 0 bridgehead atoms. The van der Waals surface area contributed by atoms with E-state index in [9.17, 15) is 4.79 Å². The van der Waals surface area contributed by atoms with Gasteiger partial charge in [-0.25, -0.2) is 0 Å². The number of carbonyl (C=O) groups excluding carboxylic acids is 1. The number of halogens is 2. The van der Waals surface area contributed by atoms with Crippen LogP contribution in [0.25, 0.3) is 6.08 Å².